The molecule has 1 unspecified atom stereocenters. The summed E-state index contributed by atoms with van der Waals surface area (Å²) in [5, 5.41) is 0. The Kier molecular flexibility index (Phi) is 58.7. The lowest BCUT2D eigenvalue weighted by Gasteiger charge is -2.18. The van der Waals surface area contributed by atoms with Crippen molar-refractivity contribution in [2.24, 2.45) is 0 Å². The van der Waals surface area contributed by atoms with Crippen LogP contribution < -0.4 is 0 Å². The molecular weight excluding hydrogens is 889 g/mol. The van der Waals surface area contributed by atoms with E-state index in [1.807, 2.05) is 0 Å². The van der Waals surface area contributed by atoms with Crippen molar-refractivity contribution in [3.63, 3.8) is 0 Å². The third-order valence-corrected chi connectivity index (χ3v) is 14.1. The van der Waals surface area contributed by atoms with Gasteiger partial charge in [0.15, 0.2) is 6.10 Å². The zero-order chi connectivity index (χ0) is 52.2. The third kappa shape index (κ3) is 58.3. The average Bonchev–Trinajstić information content (AvgIpc) is 3.38. The average molecular weight is 1010 g/mol. The Bertz CT molecular complexity index is 1250. The van der Waals surface area contributed by atoms with E-state index < -0.39 is 6.10 Å². The minimum absolute atomic E-state index is 0.0680. The number of hydrogen-bond donors (Lipinski definition) is 0. The van der Waals surface area contributed by atoms with Crippen LogP contribution in [-0.2, 0) is 28.6 Å². The topological polar surface area (TPSA) is 78.9 Å². The molecule has 0 bridgehead atoms. The Hall–Kier alpha value is -2.63. The molecule has 0 aromatic rings. The molecule has 0 rings (SSSR count). The van der Waals surface area contributed by atoms with Crippen LogP contribution in [0.5, 0.6) is 0 Å². The molecule has 0 spiro atoms. The molecule has 0 aliphatic carbocycles. The van der Waals surface area contributed by atoms with Crippen LogP contribution in [0.15, 0.2) is 48.6 Å². The van der Waals surface area contributed by atoms with Gasteiger partial charge in [0, 0.05) is 19.3 Å². The molecule has 0 heterocycles. The van der Waals surface area contributed by atoms with Crippen LogP contribution in [0, 0.1) is 0 Å². The summed E-state index contributed by atoms with van der Waals surface area (Å²) in [4.78, 5) is 38.2. The summed E-state index contributed by atoms with van der Waals surface area (Å²) in [7, 11) is 0. The summed E-state index contributed by atoms with van der Waals surface area (Å²) in [5.41, 5.74) is 0. The standard InChI is InChI=1S/C66H120O6/c1-4-7-10-13-16-19-22-24-26-28-30-31-32-33-34-35-37-38-40-42-44-47-50-53-56-59-65(68)71-62-63(61-70-64(67)58-55-52-49-46-21-18-15-12-9-6-3)72-66(69)60-57-54-51-48-45-43-41-39-36-29-27-25-23-20-17-14-11-8-5-2/h7,10,16,19,24,26,30-31,63H,4-6,8-9,11-15,17-18,20-23,25,27-29,32-62H2,1-3H3/b10-7-,19-16-,26-24-,31-30-. The zero-order valence-electron chi connectivity index (χ0n) is 48.2. The van der Waals surface area contributed by atoms with Gasteiger partial charge in [0.25, 0.3) is 0 Å². The van der Waals surface area contributed by atoms with E-state index in [9.17, 15) is 14.4 Å². The molecule has 0 radical (unpaired) electrons. The van der Waals surface area contributed by atoms with Crippen molar-refractivity contribution in [3.05, 3.63) is 48.6 Å². The molecule has 0 aromatic carbocycles. The highest BCUT2D eigenvalue weighted by molar-refractivity contribution is 5.71. The second-order valence-corrected chi connectivity index (χ2v) is 21.3. The van der Waals surface area contributed by atoms with Crippen LogP contribution in [0.25, 0.3) is 0 Å². The van der Waals surface area contributed by atoms with E-state index in [1.165, 1.54) is 212 Å². The molecule has 0 saturated carbocycles. The first-order chi connectivity index (χ1) is 35.5. The lowest BCUT2D eigenvalue weighted by molar-refractivity contribution is -0.167. The SMILES string of the molecule is CC/C=C\C/C=C\C/C=C\C/C=C\CCCCCCCCCCCCCCC(=O)OCC(COC(=O)CCCCCCCCCCCC)OC(=O)CCCCCCCCCCCCCCCCCCCCC. The lowest BCUT2D eigenvalue weighted by atomic mass is 10.0. The van der Waals surface area contributed by atoms with Crippen LogP contribution >= 0.6 is 0 Å². The van der Waals surface area contributed by atoms with E-state index in [1.54, 1.807) is 0 Å². The molecule has 1 atom stereocenters. The van der Waals surface area contributed by atoms with Crippen LogP contribution in [0.4, 0.5) is 0 Å². The van der Waals surface area contributed by atoms with Gasteiger partial charge in [-0.15, -0.1) is 0 Å². The fourth-order valence-electron chi connectivity index (χ4n) is 9.38. The van der Waals surface area contributed by atoms with Crippen LogP contribution in [-0.4, -0.2) is 37.2 Å². The normalized spacial score (nSPS) is 12.3. The van der Waals surface area contributed by atoms with Gasteiger partial charge in [-0.05, 0) is 57.8 Å². The van der Waals surface area contributed by atoms with Gasteiger partial charge in [-0.3, -0.25) is 14.4 Å². The molecule has 0 aliphatic heterocycles. The van der Waals surface area contributed by atoms with Crippen molar-refractivity contribution in [2.75, 3.05) is 13.2 Å². The number of allylic oxidation sites excluding steroid dienone is 8. The summed E-state index contributed by atoms with van der Waals surface area (Å²) < 4.78 is 16.9. The van der Waals surface area contributed by atoms with Crippen molar-refractivity contribution >= 4 is 17.9 Å². The van der Waals surface area contributed by atoms with Gasteiger partial charge < -0.3 is 14.2 Å². The largest absolute Gasteiger partial charge is 0.462 e. The maximum absolute atomic E-state index is 12.9. The van der Waals surface area contributed by atoms with E-state index in [0.29, 0.717) is 19.3 Å². The molecule has 420 valence electrons. The van der Waals surface area contributed by atoms with Crippen molar-refractivity contribution in [1.29, 1.82) is 0 Å². The molecule has 6 heteroatoms. The molecular formula is C66H120O6. The van der Waals surface area contributed by atoms with Crippen LogP contribution in [0.3, 0.4) is 0 Å². The van der Waals surface area contributed by atoms with Crippen LogP contribution in [0.2, 0.25) is 0 Å². The molecule has 0 aromatic heterocycles. The summed E-state index contributed by atoms with van der Waals surface area (Å²) in [6.45, 7) is 6.57. The Morgan fingerprint density at radius 2 is 0.542 bits per heavy atom. The smallest absolute Gasteiger partial charge is 0.306 e. The van der Waals surface area contributed by atoms with E-state index >= 15 is 0 Å². The third-order valence-electron chi connectivity index (χ3n) is 14.1. The van der Waals surface area contributed by atoms with Gasteiger partial charge in [0.05, 0.1) is 0 Å². The van der Waals surface area contributed by atoms with Gasteiger partial charge in [-0.2, -0.15) is 0 Å². The number of carbonyl (C=O) groups excluding carboxylic acids is 3. The predicted molar refractivity (Wildman–Crippen MR) is 312 cm³/mol. The first kappa shape index (κ1) is 69.4. The van der Waals surface area contributed by atoms with Crippen molar-refractivity contribution in [3.8, 4) is 0 Å². The molecule has 0 aliphatic rings. The molecule has 0 saturated heterocycles. The van der Waals surface area contributed by atoms with Gasteiger partial charge >= 0.3 is 17.9 Å². The van der Waals surface area contributed by atoms with Crippen molar-refractivity contribution < 1.29 is 28.6 Å². The van der Waals surface area contributed by atoms with Gasteiger partial charge in [0.2, 0.25) is 0 Å². The van der Waals surface area contributed by atoms with E-state index in [-0.39, 0.29) is 31.1 Å². The van der Waals surface area contributed by atoms with E-state index in [0.717, 1.165) is 83.5 Å². The zero-order valence-corrected chi connectivity index (χ0v) is 48.2. The van der Waals surface area contributed by atoms with E-state index in [4.69, 9.17) is 14.2 Å². The number of carbonyl (C=O) groups is 3. The number of esters is 3. The highest BCUT2D eigenvalue weighted by Crippen LogP contribution is 2.18. The Morgan fingerprint density at radius 3 is 0.847 bits per heavy atom. The van der Waals surface area contributed by atoms with Gasteiger partial charge in [-0.1, -0.05) is 307 Å². The summed E-state index contributed by atoms with van der Waals surface area (Å²) in [6.07, 6.45) is 75.5. The predicted octanol–water partition coefficient (Wildman–Crippen LogP) is 21.4. The van der Waals surface area contributed by atoms with Crippen molar-refractivity contribution in [2.45, 2.75) is 341 Å². The second-order valence-electron chi connectivity index (χ2n) is 21.3. The summed E-state index contributed by atoms with van der Waals surface area (Å²) in [6, 6.07) is 0. The number of ether oxygens (including phenoxy) is 3. The minimum atomic E-state index is -0.769. The second kappa shape index (κ2) is 60.9. The molecule has 0 fully saturated rings. The minimum Gasteiger partial charge on any atom is -0.462 e. The Labute approximate surface area is 448 Å². The fraction of sp³-hybridized carbons (Fsp3) is 0.833. The monoisotopic (exact) mass is 1010 g/mol. The van der Waals surface area contributed by atoms with Crippen LogP contribution in [0.1, 0.15) is 335 Å². The quantitative estimate of drug-likeness (QED) is 0.0261. The molecule has 0 amide bonds. The lowest BCUT2D eigenvalue weighted by Crippen LogP contribution is -2.30. The summed E-state index contributed by atoms with van der Waals surface area (Å²) >= 11 is 0. The number of unbranched alkanes of at least 4 members (excludes halogenated alkanes) is 39. The molecule has 6 nitrogen and oxygen atoms in total. The highest BCUT2D eigenvalue weighted by atomic mass is 16.6. The molecule has 72 heavy (non-hydrogen) atoms. The maximum atomic E-state index is 12.9. The van der Waals surface area contributed by atoms with Gasteiger partial charge in [0.1, 0.15) is 13.2 Å². The van der Waals surface area contributed by atoms with Crippen molar-refractivity contribution in [1.82, 2.24) is 0 Å². The fourth-order valence-corrected chi connectivity index (χ4v) is 9.38. The molecule has 0 N–H and O–H groups in total. The summed E-state index contributed by atoms with van der Waals surface area (Å²) in [5.74, 6) is -0.850. The van der Waals surface area contributed by atoms with E-state index in [2.05, 4.69) is 69.4 Å². The number of hydrogen-bond acceptors (Lipinski definition) is 6. The number of rotatable bonds is 58. The first-order valence-electron chi connectivity index (χ1n) is 31.6. The highest BCUT2D eigenvalue weighted by Gasteiger charge is 2.19. The Morgan fingerprint density at radius 1 is 0.292 bits per heavy atom. The maximum Gasteiger partial charge on any atom is 0.306 e. The van der Waals surface area contributed by atoms with Gasteiger partial charge in [-0.25, -0.2) is 0 Å². The Balaban J connectivity index is 4.20. The first-order valence-corrected chi connectivity index (χ1v) is 31.6.